The molecule has 0 fully saturated rings. The number of nitrogens with zero attached hydrogens (tertiary/aromatic N) is 4. The van der Waals surface area contributed by atoms with Crippen molar-refractivity contribution >= 4 is 50.1 Å². The summed E-state index contributed by atoms with van der Waals surface area (Å²) < 4.78 is 6.62. The Morgan fingerprint density at radius 1 is 1.03 bits per heavy atom. The second-order valence-electron chi connectivity index (χ2n) is 7.43. The van der Waals surface area contributed by atoms with Crippen LogP contribution in [-0.4, -0.2) is 19.1 Å². The topological polar surface area (TPSA) is 46.3 Å². The van der Waals surface area contributed by atoms with E-state index < -0.39 is 0 Å². The second-order valence-corrected chi connectivity index (χ2v) is 9.44. The molecular weight excluding hydrogens is 412 g/mol. The van der Waals surface area contributed by atoms with Crippen molar-refractivity contribution in [3.63, 3.8) is 0 Å². The van der Waals surface area contributed by atoms with Crippen molar-refractivity contribution in [2.24, 2.45) is 0 Å². The summed E-state index contributed by atoms with van der Waals surface area (Å²) in [7, 11) is 0. The Hall–Kier alpha value is -2.51. The fraction of sp³-hybridized carbons (Fsp3) is 0.304. The van der Waals surface area contributed by atoms with Crippen LogP contribution in [0.25, 0.3) is 27.0 Å². The minimum absolute atomic E-state index is 0.353. The molecule has 0 saturated carbocycles. The minimum Gasteiger partial charge on any atom is -0.477 e. The van der Waals surface area contributed by atoms with Gasteiger partial charge in [-0.15, -0.1) is 4.40 Å². The molecule has 0 amide bonds. The number of rotatable bonds is 7. The van der Waals surface area contributed by atoms with Crippen LogP contribution in [-0.2, 0) is 18.8 Å². The summed E-state index contributed by atoms with van der Waals surface area (Å²) in [6, 6.07) is 16.6. The number of hydrogen-bond donors (Lipinski definition) is 1. The van der Waals surface area contributed by atoms with Crippen molar-refractivity contribution in [1.29, 1.82) is 0 Å². The number of thioether (sulfide) groups is 1. The van der Waals surface area contributed by atoms with Crippen LogP contribution < -0.4 is 4.57 Å². The van der Waals surface area contributed by atoms with E-state index >= 15 is 0 Å². The molecule has 0 radical (unpaired) electrons. The lowest BCUT2D eigenvalue weighted by Gasteiger charge is -2.06. The van der Waals surface area contributed by atoms with Gasteiger partial charge in [0.15, 0.2) is 16.2 Å². The molecule has 0 aliphatic carbocycles. The molecule has 0 unspecified atom stereocenters. The van der Waals surface area contributed by atoms with Crippen LogP contribution in [0.1, 0.15) is 31.6 Å². The predicted molar refractivity (Wildman–Crippen MR) is 125 cm³/mol. The van der Waals surface area contributed by atoms with Crippen molar-refractivity contribution in [3.05, 3.63) is 53.4 Å². The zero-order valence-electron chi connectivity index (χ0n) is 17.2. The molecular formula is C23H25N4OS2+. The highest BCUT2D eigenvalue weighted by Crippen LogP contribution is 2.36. The number of aromatic hydroxyl groups is 1. The normalized spacial score (nSPS) is 11.9. The third kappa shape index (κ3) is 3.08. The molecule has 0 bridgehead atoms. The van der Waals surface area contributed by atoms with Crippen molar-refractivity contribution in [2.75, 3.05) is 0 Å². The largest absolute Gasteiger partial charge is 0.477 e. The SMILES string of the molecule is CCCn1c(SCc2sc3n(c2O)c2ccccc2[n+]3CCC)nc2ccccc21. The Bertz CT molecular complexity index is 1350. The number of fused-ring (bicyclic) bond motifs is 4. The van der Waals surface area contributed by atoms with Crippen LogP contribution in [0.2, 0.25) is 0 Å². The molecule has 0 saturated heterocycles. The summed E-state index contributed by atoms with van der Waals surface area (Å²) in [6.45, 7) is 6.26. The molecule has 5 nitrogen and oxygen atoms in total. The Morgan fingerprint density at radius 2 is 1.80 bits per heavy atom. The van der Waals surface area contributed by atoms with Crippen molar-refractivity contribution in [3.8, 4) is 5.88 Å². The average molecular weight is 438 g/mol. The third-order valence-electron chi connectivity index (χ3n) is 5.36. The first-order valence-corrected chi connectivity index (χ1v) is 12.2. The molecule has 0 aliphatic heterocycles. The van der Waals surface area contributed by atoms with E-state index in [9.17, 15) is 5.11 Å². The molecule has 5 aromatic rings. The Balaban J connectivity index is 1.54. The lowest BCUT2D eigenvalue weighted by molar-refractivity contribution is -0.643. The van der Waals surface area contributed by atoms with Crippen LogP contribution in [0.4, 0.5) is 0 Å². The number of aromatic nitrogens is 4. The quantitative estimate of drug-likeness (QED) is 0.266. The van der Waals surface area contributed by atoms with E-state index in [0.717, 1.165) is 52.0 Å². The first-order chi connectivity index (χ1) is 14.7. The Labute approximate surface area is 183 Å². The maximum absolute atomic E-state index is 11.1. The van der Waals surface area contributed by atoms with Gasteiger partial charge >= 0.3 is 10.8 Å². The minimum atomic E-state index is 0.353. The summed E-state index contributed by atoms with van der Waals surface area (Å²) in [5.41, 5.74) is 4.44. The molecule has 3 heterocycles. The van der Waals surface area contributed by atoms with Crippen LogP contribution >= 0.6 is 23.1 Å². The zero-order valence-corrected chi connectivity index (χ0v) is 18.8. The lowest BCUT2D eigenvalue weighted by Crippen LogP contribution is -2.32. The summed E-state index contributed by atoms with van der Waals surface area (Å²) in [5, 5.41) is 12.1. The highest BCUT2D eigenvalue weighted by molar-refractivity contribution is 7.98. The molecule has 3 aromatic heterocycles. The highest BCUT2D eigenvalue weighted by Gasteiger charge is 2.27. The van der Waals surface area contributed by atoms with Crippen LogP contribution in [0.3, 0.4) is 0 Å². The van der Waals surface area contributed by atoms with Gasteiger partial charge in [0.25, 0.3) is 0 Å². The van der Waals surface area contributed by atoms with Crippen molar-refractivity contribution in [1.82, 2.24) is 14.0 Å². The van der Waals surface area contributed by atoms with Gasteiger partial charge in [0.1, 0.15) is 4.88 Å². The summed E-state index contributed by atoms with van der Waals surface area (Å²) >= 11 is 3.38. The molecule has 30 heavy (non-hydrogen) atoms. The summed E-state index contributed by atoms with van der Waals surface area (Å²) in [4.78, 5) is 6.93. The average Bonchev–Trinajstić information content (AvgIpc) is 3.38. The Morgan fingerprint density at radius 3 is 2.60 bits per heavy atom. The lowest BCUT2D eigenvalue weighted by atomic mass is 10.3. The molecule has 0 aliphatic rings. The Kier molecular flexibility index (Phi) is 5.16. The molecule has 5 rings (SSSR count). The summed E-state index contributed by atoms with van der Waals surface area (Å²) in [6.07, 6.45) is 2.11. The fourth-order valence-electron chi connectivity index (χ4n) is 4.06. The number of hydrogen-bond acceptors (Lipinski definition) is 4. The van der Waals surface area contributed by atoms with E-state index in [-0.39, 0.29) is 0 Å². The number of para-hydroxylation sites is 4. The molecule has 2 aromatic carbocycles. The van der Waals surface area contributed by atoms with E-state index in [2.05, 4.69) is 59.4 Å². The third-order valence-corrected chi connectivity index (χ3v) is 7.70. The molecule has 7 heteroatoms. The van der Waals surface area contributed by atoms with E-state index in [4.69, 9.17) is 4.98 Å². The van der Waals surface area contributed by atoms with Gasteiger partial charge in [-0.25, -0.2) is 9.55 Å². The number of thiazole rings is 1. The van der Waals surface area contributed by atoms with Crippen molar-refractivity contribution in [2.45, 2.75) is 50.7 Å². The maximum atomic E-state index is 11.1. The van der Waals surface area contributed by atoms with Gasteiger partial charge in [0, 0.05) is 12.3 Å². The van der Waals surface area contributed by atoms with Gasteiger partial charge in [0.2, 0.25) is 0 Å². The second kappa shape index (κ2) is 7.96. The smallest absolute Gasteiger partial charge is 0.350 e. The van der Waals surface area contributed by atoms with Crippen LogP contribution in [0.15, 0.2) is 53.7 Å². The molecule has 1 N–H and O–H groups in total. The fourth-order valence-corrected chi connectivity index (χ4v) is 6.35. The van der Waals surface area contributed by atoms with E-state index in [1.165, 1.54) is 11.0 Å². The van der Waals surface area contributed by atoms with Gasteiger partial charge in [0.05, 0.1) is 17.6 Å². The van der Waals surface area contributed by atoms with Crippen LogP contribution in [0.5, 0.6) is 5.88 Å². The molecule has 0 atom stereocenters. The standard InChI is InChI=1S/C23H24N4OS2/c1-3-13-25-17-10-6-5-9-16(17)24-22(25)29-15-20-21(28)27-19-12-8-7-11-18(19)26(14-4-2)23(27)30-20/h5-12H,3-4,13-15H2,1-2H3/p+1. The van der Waals surface area contributed by atoms with Gasteiger partial charge in [-0.2, -0.15) is 0 Å². The van der Waals surface area contributed by atoms with E-state index in [1.807, 2.05) is 16.5 Å². The number of aryl methyl sites for hydroxylation is 2. The zero-order chi connectivity index (χ0) is 20.7. The maximum Gasteiger partial charge on any atom is 0.350 e. The van der Waals surface area contributed by atoms with E-state index in [1.54, 1.807) is 23.1 Å². The van der Waals surface area contributed by atoms with E-state index in [0.29, 0.717) is 11.6 Å². The summed E-state index contributed by atoms with van der Waals surface area (Å²) in [5.74, 6) is 1.05. The first kappa shape index (κ1) is 19.5. The molecule has 0 spiro atoms. The monoisotopic (exact) mass is 437 g/mol. The highest BCUT2D eigenvalue weighted by atomic mass is 32.2. The van der Waals surface area contributed by atoms with Crippen LogP contribution in [0, 0.1) is 0 Å². The van der Waals surface area contributed by atoms with Crippen molar-refractivity contribution < 1.29 is 9.67 Å². The number of imidazole rings is 2. The predicted octanol–water partition coefficient (Wildman–Crippen LogP) is 5.61. The molecule has 154 valence electrons. The van der Waals surface area contributed by atoms with Gasteiger partial charge in [-0.05, 0) is 48.4 Å². The van der Waals surface area contributed by atoms with Gasteiger partial charge in [-0.1, -0.05) is 49.9 Å². The number of benzene rings is 2. The van der Waals surface area contributed by atoms with Gasteiger partial charge in [-0.3, -0.25) is 0 Å². The van der Waals surface area contributed by atoms with Gasteiger partial charge < -0.3 is 9.67 Å². The first-order valence-electron chi connectivity index (χ1n) is 10.4.